The van der Waals surface area contributed by atoms with Crippen molar-refractivity contribution in [2.24, 2.45) is 0 Å². The minimum Gasteiger partial charge on any atom is -0.756 e. The largest absolute Gasteiger partial charge is 0.756 e. The van der Waals surface area contributed by atoms with E-state index in [4.69, 9.17) is 9.05 Å². The Morgan fingerprint density at radius 3 is 1.20 bits per heavy atom. The van der Waals surface area contributed by atoms with Gasteiger partial charge in [0.25, 0.3) is 7.82 Å². The van der Waals surface area contributed by atoms with Crippen LogP contribution in [0.5, 0.6) is 0 Å². The van der Waals surface area contributed by atoms with Crippen molar-refractivity contribution >= 4 is 13.7 Å². The van der Waals surface area contributed by atoms with Gasteiger partial charge in [0.1, 0.15) is 13.2 Å². The van der Waals surface area contributed by atoms with Gasteiger partial charge in [0.15, 0.2) is 0 Å². The van der Waals surface area contributed by atoms with Gasteiger partial charge in [-0.15, -0.1) is 0 Å². The monoisotopic (exact) mass is 993 g/mol. The van der Waals surface area contributed by atoms with Crippen LogP contribution >= 0.6 is 7.82 Å². The van der Waals surface area contributed by atoms with E-state index in [1.54, 1.807) is 6.08 Å². The third kappa shape index (κ3) is 54.3. The lowest BCUT2D eigenvalue weighted by Crippen LogP contribution is -2.45. The van der Waals surface area contributed by atoms with Crippen molar-refractivity contribution in [3.05, 3.63) is 36.5 Å². The summed E-state index contributed by atoms with van der Waals surface area (Å²) < 4.78 is 23.4. The Balaban J connectivity index is 4.18. The van der Waals surface area contributed by atoms with Crippen LogP contribution in [-0.2, 0) is 18.4 Å². The van der Waals surface area contributed by atoms with Gasteiger partial charge in [-0.25, -0.2) is 0 Å². The lowest BCUT2D eigenvalue weighted by Gasteiger charge is -2.29. The number of carbonyl (C=O) groups excluding carboxylic acids is 1. The number of amides is 1. The van der Waals surface area contributed by atoms with Crippen LogP contribution in [0, 0.1) is 0 Å². The van der Waals surface area contributed by atoms with E-state index in [1.807, 2.05) is 27.2 Å². The van der Waals surface area contributed by atoms with Crippen LogP contribution in [0.3, 0.4) is 0 Å². The van der Waals surface area contributed by atoms with Gasteiger partial charge in [0, 0.05) is 6.42 Å². The molecule has 1 amide bonds. The lowest BCUT2D eigenvalue weighted by atomic mass is 10.0. The first-order valence-corrected chi connectivity index (χ1v) is 31.3. The fraction of sp³-hybridized carbons (Fsp3) is 0.883. The zero-order chi connectivity index (χ0) is 50.6. The summed E-state index contributed by atoms with van der Waals surface area (Å²) in [6.45, 7) is 4.68. The van der Waals surface area contributed by atoms with E-state index in [-0.39, 0.29) is 19.1 Å². The molecule has 2 N–H and O–H groups in total. The predicted molar refractivity (Wildman–Crippen MR) is 298 cm³/mol. The number of phosphoric acid groups is 1. The van der Waals surface area contributed by atoms with Crippen LogP contribution < -0.4 is 10.2 Å². The molecule has 0 rings (SSSR count). The Bertz CT molecular complexity index is 1220. The molecular weight excluding hydrogens is 876 g/mol. The number of nitrogens with zero attached hydrogens (tertiary/aromatic N) is 1. The van der Waals surface area contributed by atoms with Gasteiger partial charge < -0.3 is 28.8 Å². The highest BCUT2D eigenvalue weighted by Gasteiger charge is 2.23. The van der Waals surface area contributed by atoms with Crippen molar-refractivity contribution < 1.29 is 32.9 Å². The standard InChI is InChI=1S/C60H117N2O6P/c1-6-8-10-12-14-16-18-20-22-24-26-28-30-31-32-34-36-38-40-42-44-46-48-50-52-54-60(64)61-58(57-68-69(65,66)67-56-55-62(3,4)5)59(63)53-51-49-47-45-43-41-39-37-35-33-29-27-25-23-21-19-17-15-13-11-9-7-2/h18,20,24,26,51,53,58-59,63H,6-17,19,21-23,25,27-50,52,54-57H2,1-5H3,(H-,61,64,65,66)/b20-18-,26-24-,53-51+. The van der Waals surface area contributed by atoms with Crippen molar-refractivity contribution in [1.82, 2.24) is 5.32 Å². The summed E-state index contributed by atoms with van der Waals surface area (Å²) in [7, 11) is 1.27. The number of phosphoric ester groups is 1. The van der Waals surface area contributed by atoms with E-state index >= 15 is 0 Å². The number of likely N-dealkylation sites (N-methyl/N-ethyl adjacent to an activating group) is 1. The van der Waals surface area contributed by atoms with Crippen LogP contribution in [0.2, 0.25) is 0 Å². The van der Waals surface area contributed by atoms with Gasteiger partial charge in [-0.3, -0.25) is 9.36 Å². The van der Waals surface area contributed by atoms with Gasteiger partial charge in [0.2, 0.25) is 5.91 Å². The average Bonchev–Trinajstić information content (AvgIpc) is 3.31. The molecule has 69 heavy (non-hydrogen) atoms. The van der Waals surface area contributed by atoms with Crippen LogP contribution in [0.25, 0.3) is 0 Å². The highest BCUT2D eigenvalue weighted by molar-refractivity contribution is 7.45. The number of nitrogens with one attached hydrogen (secondary N) is 1. The molecule has 0 aliphatic heterocycles. The Labute approximate surface area is 429 Å². The summed E-state index contributed by atoms with van der Waals surface area (Å²) in [5.41, 5.74) is 0. The van der Waals surface area contributed by atoms with E-state index < -0.39 is 20.0 Å². The molecule has 0 aliphatic rings. The second-order valence-corrected chi connectivity index (χ2v) is 23.1. The van der Waals surface area contributed by atoms with Crippen LogP contribution in [0.15, 0.2) is 36.5 Å². The minimum absolute atomic E-state index is 0.000190. The SMILES string of the molecule is CCCCCCC/C=C\C/C=C\CCCCCCCCCCCCCCCC(=O)NC(COP(=O)([O-])OCC[N+](C)(C)C)C(O)/C=C/CCCCCCCCCCCCCCCCCCCCCC. The third-order valence-electron chi connectivity index (χ3n) is 13.6. The summed E-state index contributed by atoms with van der Waals surface area (Å²) in [5.74, 6) is -0.195. The van der Waals surface area contributed by atoms with E-state index in [0.29, 0.717) is 17.4 Å². The number of rotatable bonds is 55. The molecule has 0 radical (unpaired) electrons. The van der Waals surface area contributed by atoms with Gasteiger partial charge in [-0.1, -0.05) is 269 Å². The quantitative estimate of drug-likeness (QED) is 0.0272. The molecule has 0 aromatic heterocycles. The number of hydrogen-bond acceptors (Lipinski definition) is 6. The second-order valence-electron chi connectivity index (χ2n) is 21.7. The molecule has 3 atom stereocenters. The fourth-order valence-corrected chi connectivity index (χ4v) is 9.61. The first-order valence-electron chi connectivity index (χ1n) is 29.9. The molecule has 9 heteroatoms. The normalized spacial score (nSPS) is 14.1. The van der Waals surface area contributed by atoms with Crippen molar-refractivity contribution in [2.75, 3.05) is 40.9 Å². The molecule has 0 saturated heterocycles. The summed E-state index contributed by atoms with van der Waals surface area (Å²) in [4.78, 5) is 25.5. The summed E-state index contributed by atoms with van der Waals surface area (Å²) in [6.07, 6.45) is 66.5. The van der Waals surface area contributed by atoms with Crippen molar-refractivity contribution in [2.45, 2.75) is 302 Å². The van der Waals surface area contributed by atoms with Crippen molar-refractivity contribution in [1.29, 1.82) is 0 Å². The number of allylic oxidation sites excluding steroid dienone is 5. The van der Waals surface area contributed by atoms with Crippen LogP contribution in [-0.4, -0.2) is 68.5 Å². The Morgan fingerprint density at radius 1 is 0.507 bits per heavy atom. The number of aliphatic hydroxyl groups is 1. The van der Waals surface area contributed by atoms with Gasteiger partial charge in [-0.2, -0.15) is 0 Å². The average molecular weight is 994 g/mol. The molecule has 3 unspecified atom stereocenters. The maximum atomic E-state index is 13.0. The molecule has 0 aromatic rings. The highest BCUT2D eigenvalue weighted by Crippen LogP contribution is 2.38. The van der Waals surface area contributed by atoms with E-state index in [1.165, 1.54) is 225 Å². The zero-order valence-electron chi connectivity index (χ0n) is 46.5. The van der Waals surface area contributed by atoms with E-state index in [0.717, 1.165) is 44.9 Å². The van der Waals surface area contributed by atoms with E-state index in [9.17, 15) is 19.4 Å². The Hall–Kier alpha value is -1.28. The number of quaternary nitrogens is 1. The fourth-order valence-electron chi connectivity index (χ4n) is 8.89. The first kappa shape index (κ1) is 67.7. The van der Waals surface area contributed by atoms with Crippen LogP contribution in [0.4, 0.5) is 0 Å². The summed E-state index contributed by atoms with van der Waals surface area (Å²) in [5, 5.41) is 13.9. The predicted octanol–water partition coefficient (Wildman–Crippen LogP) is 17.5. The maximum Gasteiger partial charge on any atom is 0.268 e. The Morgan fingerprint density at radius 2 is 0.841 bits per heavy atom. The molecule has 0 aliphatic carbocycles. The highest BCUT2D eigenvalue weighted by atomic mass is 31.2. The van der Waals surface area contributed by atoms with Crippen molar-refractivity contribution in [3.63, 3.8) is 0 Å². The second kappa shape index (κ2) is 51.6. The Kier molecular flexibility index (Phi) is 50.7. The molecule has 0 heterocycles. The number of aliphatic hydroxyl groups excluding tert-OH is 1. The van der Waals surface area contributed by atoms with Crippen molar-refractivity contribution in [3.8, 4) is 0 Å². The summed E-state index contributed by atoms with van der Waals surface area (Å²) >= 11 is 0. The van der Waals surface area contributed by atoms with Crippen LogP contribution in [0.1, 0.15) is 290 Å². The number of carbonyl (C=O) groups is 1. The topological polar surface area (TPSA) is 108 Å². The number of unbranched alkanes of at least 4 members (excludes halogenated alkanes) is 38. The first-order chi connectivity index (χ1) is 33.5. The zero-order valence-corrected chi connectivity index (χ0v) is 47.4. The van der Waals surface area contributed by atoms with Gasteiger partial charge >= 0.3 is 0 Å². The molecule has 0 saturated carbocycles. The molecule has 408 valence electrons. The minimum atomic E-state index is -4.60. The molecule has 0 fully saturated rings. The molecule has 0 bridgehead atoms. The maximum absolute atomic E-state index is 13.0. The molecule has 8 nitrogen and oxygen atoms in total. The smallest absolute Gasteiger partial charge is 0.268 e. The lowest BCUT2D eigenvalue weighted by molar-refractivity contribution is -0.870. The number of hydrogen-bond donors (Lipinski definition) is 2. The third-order valence-corrected chi connectivity index (χ3v) is 14.6. The molecular formula is C60H117N2O6P. The summed E-state index contributed by atoms with van der Waals surface area (Å²) in [6, 6.07) is -0.887. The van der Waals surface area contributed by atoms with Gasteiger partial charge in [0.05, 0.1) is 39.9 Å². The van der Waals surface area contributed by atoms with E-state index in [2.05, 4.69) is 43.5 Å². The molecule has 0 spiro atoms. The molecule has 0 aromatic carbocycles. The van der Waals surface area contributed by atoms with Gasteiger partial charge in [-0.05, 0) is 51.4 Å².